The fourth-order valence-electron chi connectivity index (χ4n) is 2.03. The number of nitrogens with zero attached hydrogens (tertiary/aromatic N) is 1. The number of halogens is 3. The molecule has 1 amide bonds. The van der Waals surface area contributed by atoms with E-state index >= 15 is 0 Å². The van der Waals surface area contributed by atoms with Gasteiger partial charge in [-0.2, -0.15) is 13.2 Å². The Morgan fingerprint density at radius 2 is 2.00 bits per heavy atom. The van der Waals surface area contributed by atoms with Crippen molar-refractivity contribution in [1.29, 1.82) is 0 Å². The Hall–Kier alpha value is -2.61. The quantitative estimate of drug-likeness (QED) is 0.691. The molecular formula is C18H19F3N2O3. The zero-order valence-corrected chi connectivity index (χ0v) is 14.0. The number of pyridine rings is 1. The largest absolute Gasteiger partial charge is 0.487 e. The van der Waals surface area contributed by atoms with E-state index in [0.29, 0.717) is 12.4 Å². The second-order valence-corrected chi connectivity index (χ2v) is 5.45. The summed E-state index contributed by atoms with van der Waals surface area (Å²) in [5.41, 5.74) is 1.61. The number of nitrogens with one attached hydrogen (secondary N) is 1. The Labute approximate surface area is 149 Å². The number of hydrogen-bond donors (Lipinski definition) is 1. The summed E-state index contributed by atoms with van der Waals surface area (Å²) in [5.74, 6) is 0.253. The first-order valence-corrected chi connectivity index (χ1v) is 7.95. The van der Waals surface area contributed by atoms with Crippen molar-refractivity contribution in [3.8, 4) is 5.75 Å². The molecule has 2 rings (SSSR count). The van der Waals surface area contributed by atoms with Crippen LogP contribution in [0.25, 0.3) is 0 Å². The topological polar surface area (TPSA) is 60.5 Å². The van der Waals surface area contributed by atoms with Gasteiger partial charge in [0.25, 0.3) is 0 Å². The van der Waals surface area contributed by atoms with E-state index in [1.165, 1.54) is 0 Å². The van der Waals surface area contributed by atoms with Gasteiger partial charge in [0.05, 0.1) is 12.3 Å². The van der Waals surface area contributed by atoms with Crippen molar-refractivity contribution in [2.24, 2.45) is 0 Å². The summed E-state index contributed by atoms with van der Waals surface area (Å²) < 4.78 is 45.8. The van der Waals surface area contributed by atoms with E-state index in [2.05, 4.69) is 15.0 Å². The maximum atomic E-state index is 11.9. The van der Waals surface area contributed by atoms with Gasteiger partial charge in [-0.1, -0.05) is 18.2 Å². The fourth-order valence-corrected chi connectivity index (χ4v) is 2.03. The van der Waals surface area contributed by atoms with Crippen molar-refractivity contribution >= 4 is 5.91 Å². The first-order chi connectivity index (χ1) is 12.4. The number of hydrogen-bond acceptors (Lipinski definition) is 4. The lowest BCUT2D eigenvalue weighted by Gasteiger charge is -2.10. The first kappa shape index (κ1) is 19.7. The van der Waals surface area contributed by atoms with Crippen LogP contribution in [0.2, 0.25) is 0 Å². The summed E-state index contributed by atoms with van der Waals surface area (Å²) in [6, 6.07) is 12.7. The molecule has 0 aliphatic carbocycles. The molecule has 0 aliphatic rings. The van der Waals surface area contributed by atoms with Gasteiger partial charge in [0.2, 0.25) is 5.91 Å². The summed E-state index contributed by atoms with van der Waals surface area (Å²) in [7, 11) is 0. The molecule has 0 saturated heterocycles. The minimum atomic E-state index is -4.38. The van der Waals surface area contributed by atoms with E-state index in [1.807, 2.05) is 24.3 Å². The van der Waals surface area contributed by atoms with Crippen molar-refractivity contribution < 1.29 is 27.4 Å². The normalized spacial score (nSPS) is 11.2. The third-order valence-electron chi connectivity index (χ3n) is 3.24. The molecule has 0 bridgehead atoms. The molecule has 5 nitrogen and oxygen atoms in total. The number of amides is 1. The van der Waals surface area contributed by atoms with E-state index in [1.54, 1.807) is 24.4 Å². The van der Waals surface area contributed by atoms with Gasteiger partial charge in [-0.05, 0) is 29.8 Å². The third-order valence-corrected chi connectivity index (χ3v) is 3.24. The average molecular weight is 368 g/mol. The molecule has 1 heterocycles. The van der Waals surface area contributed by atoms with Gasteiger partial charge < -0.3 is 14.8 Å². The highest BCUT2D eigenvalue weighted by Crippen LogP contribution is 2.15. The van der Waals surface area contributed by atoms with Crippen molar-refractivity contribution in [1.82, 2.24) is 10.3 Å². The van der Waals surface area contributed by atoms with E-state index in [-0.39, 0.29) is 25.5 Å². The molecule has 1 aromatic heterocycles. The van der Waals surface area contributed by atoms with Crippen LogP contribution in [0.3, 0.4) is 0 Å². The molecule has 0 radical (unpaired) electrons. The van der Waals surface area contributed by atoms with Crippen molar-refractivity contribution in [2.45, 2.75) is 25.7 Å². The smallest absolute Gasteiger partial charge is 0.411 e. The van der Waals surface area contributed by atoms with Gasteiger partial charge in [0.1, 0.15) is 19.0 Å². The molecule has 8 heteroatoms. The van der Waals surface area contributed by atoms with Crippen LogP contribution in [0.5, 0.6) is 5.75 Å². The molecule has 0 aliphatic heterocycles. The van der Waals surface area contributed by atoms with Crippen molar-refractivity contribution in [2.75, 3.05) is 13.2 Å². The molecule has 0 unspecified atom stereocenters. The fraction of sp³-hybridized carbons (Fsp3) is 0.333. The van der Waals surface area contributed by atoms with E-state index in [9.17, 15) is 18.0 Å². The summed E-state index contributed by atoms with van der Waals surface area (Å²) >= 11 is 0. The van der Waals surface area contributed by atoms with Crippen LogP contribution in [-0.2, 0) is 22.7 Å². The number of ether oxygens (including phenoxy) is 2. The Morgan fingerprint density at radius 3 is 2.73 bits per heavy atom. The van der Waals surface area contributed by atoms with Crippen LogP contribution in [0, 0.1) is 0 Å². The van der Waals surface area contributed by atoms with Gasteiger partial charge >= 0.3 is 6.18 Å². The molecule has 0 saturated carbocycles. The van der Waals surface area contributed by atoms with Gasteiger partial charge in [-0.15, -0.1) is 0 Å². The van der Waals surface area contributed by atoms with Crippen LogP contribution < -0.4 is 10.1 Å². The predicted octanol–water partition coefficient (Wildman–Crippen LogP) is 3.25. The molecule has 1 N–H and O–H groups in total. The number of benzene rings is 1. The van der Waals surface area contributed by atoms with Gasteiger partial charge in [-0.25, -0.2) is 0 Å². The molecule has 2 aromatic rings. The molecule has 140 valence electrons. The average Bonchev–Trinajstić information content (AvgIpc) is 2.62. The summed E-state index contributed by atoms with van der Waals surface area (Å²) in [4.78, 5) is 15.8. The molecule has 0 atom stereocenters. The Kier molecular flexibility index (Phi) is 7.40. The monoisotopic (exact) mass is 368 g/mol. The SMILES string of the molecule is O=C(CCOCC(F)(F)F)NCc1cccc(OCc2ccccn2)c1. The molecule has 26 heavy (non-hydrogen) atoms. The number of carbonyl (C=O) groups excluding carboxylic acids is 1. The lowest BCUT2D eigenvalue weighted by atomic mass is 10.2. The van der Waals surface area contributed by atoms with E-state index in [4.69, 9.17) is 4.74 Å². The van der Waals surface area contributed by atoms with E-state index in [0.717, 1.165) is 11.3 Å². The maximum Gasteiger partial charge on any atom is 0.411 e. The highest BCUT2D eigenvalue weighted by Gasteiger charge is 2.27. The minimum absolute atomic E-state index is 0.133. The zero-order valence-electron chi connectivity index (χ0n) is 14.0. The Morgan fingerprint density at radius 1 is 1.15 bits per heavy atom. The van der Waals surface area contributed by atoms with Crippen LogP contribution >= 0.6 is 0 Å². The zero-order chi connectivity index (χ0) is 18.8. The number of alkyl halides is 3. The molecular weight excluding hydrogens is 349 g/mol. The first-order valence-electron chi connectivity index (χ1n) is 7.95. The summed E-state index contributed by atoms with van der Waals surface area (Å²) in [6.45, 7) is -1.05. The second kappa shape index (κ2) is 9.76. The lowest BCUT2D eigenvalue weighted by molar-refractivity contribution is -0.174. The number of aromatic nitrogens is 1. The summed E-state index contributed by atoms with van der Waals surface area (Å²) in [5, 5.41) is 2.63. The number of carbonyl (C=O) groups is 1. The maximum absolute atomic E-state index is 11.9. The summed E-state index contributed by atoms with van der Waals surface area (Å²) in [6.07, 6.45) is -2.83. The van der Waals surface area contributed by atoms with Crippen LogP contribution in [0.1, 0.15) is 17.7 Å². The van der Waals surface area contributed by atoms with Gasteiger partial charge in [-0.3, -0.25) is 9.78 Å². The Bertz CT molecular complexity index is 694. The van der Waals surface area contributed by atoms with Crippen LogP contribution in [0.15, 0.2) is 48.7 Å². The second-order valence-electron chi connectivity index (χ2n) is 5.45. The van der Waals surface area contributed by atoms with Gasteiger partial charge in [0.15, 0.2) is 0 Å². The standard InChI is InChI=1S/C18H19F3N2O3/c19-18(20,21)13-25-9-7-17(24)23-11-14-4-3-6-16(10-14)26-12-15-5-1-2-8-22-15/h1-6,8,10H,7,9,11-13H2,(H,23,24). The molecule has 0 spiro atoms. The molecule has 1 aromatic carbocycles. The predicted molar refractivity (Wildman–Crippen MR) is 88.3 cm³/mol. The number of rotatable bonds is 9. The third kappa shape index (κ3) is 7.98. The highest BCUT2D eigenvalue weighted by atomic mass is 19.4. The minimum Gasteiger partial charge on any atom is -0.487 e. The van der Waals surface area contributed by atoms with Crippen molar-refractivity contribution in [3.63, 3.8) is 0 Å². The van der Waals surface area contributed by atoms with E-state index < -0.39 is 12.8 Å². The van der Waals surface area contributed by atoms with Crippen LogP contribution in [-0.4, -0.2) is 30.3 Å². The van der Waals surface area contributed by atoms with Crippen LogP contribution in [0.4, 0.5) is 13.2 Å². The van der Waals surface area contributed by atoms with Gasteiger partial charge in [0, 0.05) is 19.2 Å². The lowest BCUT2D eigenvalue weighted by Crippen LogP contribution is -2.25. The molecule has 0 fully saturated rings. The van der Waals surface area contributed by atoms with Crippen molar-refractivity contribution in [3.05, 3.63) is 59.9 Å². The highest BCUT2D eigenvalue weighted by molar-refractivity contribution is 5.75. The Balaban J connectivity index is 1.71.